The second-order valence-electron chi connectivity index (χ2n) is 2.26. The molecule has 0 aromatic heterocycles. The summed E-state index contributed by atoms with van der Waals surface area (Å²) in [4.78, 5) is 0. The molecule has 0 amide bonds. The Morgan fingerprint density at radius 3 is 2.70 bits per heavy atom. The van der Waals surface area contributed by atoms with E-state index >= 15 is 0 Å². The third kappa shape index (κ3) is 6.02. The van der Waals surface area contributed by atoms with Crippen molar-refractivity contribution in [3.05, 3.63) is 11.6 Å². The number of rotatable bonds is 6. The summed E-state index contributed by atoms with van der Waals surface area (Å²) in [5.74, 6) is 0. The van der Waals surface area contributed by atoms with Gasteiger partial charge < -0.3 is 5.32 Å². The standard InChI is InChI=1S/C8H17NS/c1-4-5-6-7-9-8(2)10-3/h9H,2,4-7H2,1,3H3. The summed E-state index contributed by atoms with van der Waals surface area (Å²) in [5, 5.41) is 4.32. The average Bonchev–Trinajstić information content (AvgIpc) is 1.98. The number of unbranched alkanes of at least 4 members (excludes halogenated alkanes) is 2. The monoisotopic (exact) mass is 159 g/mol. The SMILES string of the molecule is C=C(NCCCCC)SC. The van der Waals surface area contributed by atoms with Crippen molar-refractivity contribution < 1.29 is 0 Å². The Balaban J connectivity index is 2.96. The van der Waals surface area contributed by atoms with Crippen LogP contribution >= 0.6 is 11.8 Å². The van der Waals surface area contributed by atoms with Gasteiger partial charge in [0, 0.05) is 6.54 Å². The van der Waals surface area contributed by atoms with Gasteiger partial charge in [0.1, 0.15) is 0 Å². The molecule has 0 aromatic carbocycles. The zero-order valence-electron chi connectivity index (χ0n) is 6.94. The summed E-state index contributed by atoms with van der Waals surface area (Å²) in [6, 6.07) is 0. The van der Waals surface area contributed by atoms with Crippen molar-refractivity contribution in [2.24, 2.45) is 0 Å². The molecule has 0 aromatic rings. The molecule has 0 heterocycles. The Morgan fingerprint density at radius 1 is 1.50 bits per heavy atom. The first-order valence-electron chi connectivity index (χ1n) is 3.78. The van der Waals surface area contributed by atoms with Crippen molar-refractivity contribution in [2.45, 2.75) is 26.2 Å². The molecule has 0 atom stereocenters. The van der Waals surface area contributed by atoms with E-state index < -0.39 is 0 Å². The van der Waals surface area contributed by atoms with Gasteiger partial charge in [-0.25, -0.2) is 0 Å². The first-order valence-corrected chi connectivity index (χ1v) is 5.00. The zero-order valence-corrected chi connectivity index (χ0v) is 7.76. The summed E-state index contributed by atoms with van der Waals surface area (Å²) in [6.07, 6.45) is 5.90. The highest BCUT2D eigenvalue weighted by molar-refractivity contribution is 8.02. The number of thioether (sulfide) groups is 1. The van der Waals surface area contributed by atoms with Crippen molar-refractivity contribution in [1.29, 1.82) is 0 Å². The van der Waals surface area contributed by atoms with Crippen molar-refractivity contribution in [3.63, 3.8) is 0 Å². The van der Waals surface area contributed by atoms with Crippen LogP contribution in [0.3, 0.4) is 0 Å². The van der Waals surface area contributed by atoms with Crippen LogP contribution in [0.1, 0.15) is 26.2 Å². The molecule has 0 unspecified atom stereocenters. The maximum absolute atomic E-state index is 3.82. The quantitative estimate of drug-likeness (QED) is 0.598. The van der Waals surface area contributed by atoms with E-state index in [1.807, 2.05) is 6.26 Å². The topological polar surface area (TPSA) is 12.0 Å². The van der Waals surface area contributed by atoms with Gasteiger partial charge in [-0.15, -0.1) is 11.8 Å². The second kappa shape index (κ2) is 7.00. The van der Waals surface area contributed by atoms with Gasteiger partial charge in [0.2, 0.25) is 0 Å². The van der Waals surface area contributed by atoms with E-state index in [2.05, 4.69) is 18.8 Å². The van der Waals surface area contributed by atoms with Gasteiger partial charge in [-0.1, -0.05) is 26.3 Å². The van der Waals surface area contributed by atoms with Gasteiger partial charge in [0.25, 0.3) is 0 Å². The highest BCUT2D eigenvalue weighted by Crippen LogP contribution is 2.03. The van der Waals surface area contributed by atoms with E-state index in [9.17, 15) is 0 Å². The van der Waals surface area contributed by atoms with Crippen LogP contribution in [0.15, 0.2) is 11.6 Å². The minimum atomic E-state index is 1.08. The Bertz CT molecular complexity index is 91.3. The molecule has 0 saturated carbocycles. The molecule has 10 heavy (non-hydrogen) atoms. The molecule has 0 spiro atoms. The van der Waals surface area contributed by atoms with E-state index in [0.717, 1.165) is 11.6 Å². The normalized spacial score (nSPS) is 9.40. The van der Waals surface area contributed by atoms with Crippen molar-refractivity contribution in [3.8, 4) is 0 Å². The fourth-order valence-corrected chi connectivity index (χ4v) is 0.921. The van der Waals surface area contributed by atoms with Crippen molar-refractivity contribution in [1.82, 2.24) is 5.32 Å². The van der Waals surface area contributed by atoms with E-state index in [-0.39, 0.29) is 0 Å². The molecular weight excluding hydrogens is 142 g/mol. The Labute approximate surface area is 68.3 Å². The lowest BCUT2D eigenvalue weighted by molar-refractivity contribution is 0.680. The summed E-state index contributed by atoms with van der Waals surface area (Å²) < 4.78 is 0. The van der Waals surface area contributed by atoms with E-state index in [1.54, 1.807) is 11.8 Å². The van der Waals surface area contributed by atoms with Gasteiger partial charge in [-0.05, 0) is 12.7 Å². The molecule has 0 rings (SSSR count). The molecule has 1 nitrogen and oxygen atoms in total. The molecule has 0 saturated heterocycles. The van der Waals surface area contributed by atoms with Crippen LogP contribution in [0.4, 0.5) is 0 Å². The van der Waals surface area contributed by atoms with E-state index in [4.69, 9.17) is 0 Å². The minimum Gasteiger partial charge on any atom is -0.380 e. The van der Waals surface area contributed by atoms with Crippen LogP contribution < -0.4 is 5.32 Å². The van der Waals surface area contributed by atoms with Crippen LogP contribution in [0.25, 0.3) is 0 Å². The van der Waals surface area contributed by atoms with Gasteiger partial charge in [0.15, 0.2) is 0 Å². The average molecular weight is 159 g/mol. The lowest BCUT2D eigenvalue weighted by Gasteiger charge is -2.04. The smallest absolute Gasteiger partial charge is 0.0605 e. The molecule has 2 heteroatoms. The van der Waals surface area contributed by atoms with Gasteiger partial charge in [0.05, 0.1) is 5.03 Å². The molecule has 0 radical (unpaired) electrons. The van der Waals surface area contributed by atoms with E-state index in [1.165, 1.54) is 19.3 Å². The van der Waals surface area contributed by atoms with Crippen LogP contribution in [-0.2, 0) is 0 Å². The van der Waals surface area contributed by atoms with Gasteiger partial charge >= 0.3 is 0 Å². The highest BCUT2D eigenvalue weighted by Gasteiger charge is 1.87. The van der Waals surface area contributed by atoms with Crippen molar-refractivity contribution in [2.75, 3.05) is 12.8 Å². The Kier molecular flexibility index (Phi) is 6.93. The number of hydrogen-bond acceptors (Lipinski definition) is 2. The molecule has 0 aliphatic heterocycles. The van der Waals surface area contributed by atoms with Crippen molar-refractivity contribution >= 4 is 11.8 Å². The summed E-state index contributed by atoms with van der Waals surface area (Å²) in [7, 11) is 0. The summed E-state index contributed by atoms with van der Waals surface area (Å²) in [5.41, 5.74) is 0. The fraction of sp³-hybridized carbons (Fsp3) is 0.750. The summed E-state index contributed by atoms with van der Waals surface area (Å²) >= 11 is 1.68. The Hall–Kier alpha value is -0.110. The van der Waals surface area contributed by atoms with Crippen LogP contribution in [0.2, 0.25) is 0 Å². The molecule has 0 bridgehead atoms. The molecule has 0 fully saturated rings. The zero-order chi connectivity index (χ0) is 7.82. The lowest BCUT2D eigenvalue weighted by Crippen LogP contribution is -2.11. The lowest BCUT2D eigenvalue weighted by atomic mass is 10.2. The fourth-order valence-electron chi connectivity index (χ4n) is 0.675. The maximum Gasteiger partial charge on any atom is 0.0605 e. The van der Waals surface area contributed by atoms with E-state index in [0.29, 0.717) is 0 Å². The predicted octanol–water partition coefficient (Wildman–Crippen LogP) is 2.60. The third-order valence-corrected chi connectivity index (χ3v) is 1.99. The second-order valence-corrected chi connectivity index (χ2v) is 3.16. The minimum absolute atomic E-state index is 1.08. The van der Waals surface area contributed by atoms with Crippen LogP contribution in [0, 0.1) is 0 Å². The molecule has 60 valence electrons. The molecule has 0 aliphatic rings. The number of nitrogens with one attached hydrogen (secondary N) is 1. The van der Waals surface area contributed by atoms with Crippen LogP contribution in [0.5, 0.6) is 0 Å². The molecule has 0 aliphatic carbocycles. The first kappa shape index (κ1) is 9.89. The van der Waals surface area contributed by atoms with Gasteiger partial charge in [-0.3, -0.25) is 0 Å². The Morgan fingerprint density at radius 2 is 2.20 bits per heavy atom. The largest absolute Gasteiger partial charge is 0.380 e. The number of hydrogen-bond donors (Lipinski definition) is 1. The molecular formula is C8H17NS. The summed E-state index contributed by atoms with van der Waals surface area (Å²) in [6.45, 7) is 7.11. The first-order chi connectivity index (χ1) is 4.81. The van der Waals surface area contributed by atoms with Gasteiger partial charge in [-0.2, -0.15) is 0 Å². The van der Waals surface area contributed by atoms with Crippen LogP contribution in [-0.4, -0.2) is 12.8 Å². The maximum atomic E-state index is 3.82. The molecule has 1 N–H and O–H groups in total. The highest BCUT2D eigenvalue weighted by atomic mass is 32.2. The third-order valence-electron chi connectivity index (χ3n) is 1.35. The predicted molar refractivity (Wildman–Crippen MR) is 50.2 cm³/mol.